The molecule has 2 saturated heterocycles. The van der Waals surface area contributed by atoms with E-state index in [2.05, 4.69) is 30.1 Å². The number of rotatable bonds is 4. The van der Waals surface area contributed by atoms with Gasteiger partial charge in [-0.05, 0) is 38.3 Å². The second-order valence-electron chi connectivity index (χ2n) is 8.10. The summed E-state index contributed by atoms with van der Waals surface area (Å²) >= 11 is 2.80. The molecule has 5 heterocycles. The first-order chi connectivity index (χ1) is 14.4. The predicted octanol–water partition coefficient (Wildman–Crippen LogP) is 4.66. The number of fused-ring (bicyclic) bond motifs is 2. The second-order valence-corrected chi connectivity index (χ2v) is 10.3. The van der Waals surface area contributed by atoms with E-state index in [-0.39, 0.29) is 0 Å². The third kappa shape index (κ3) is 4.04. The van der Waals surface area contributed by atoms with Crippen molar-refractivity contribution >= 4 is 38.7 Å². The first-order valence-electron chi connectivity index (χ1n) is 10.1. The van der Waals surface area contributed by atoms with E-state index < -0.39 is 12.6 Å². The maximum atomic E-state index is 12.8. The van der Waals surface area contributed by atoms with Crippen molar-refractivity contribution in [3.8, 4) is 0 Å². The van der Waals surface area contributed by atoms with Crippen molar-refractivity contribution in [1.29, 1.82) is 0 Å². The average Bonchev–Trinajstić information content (AvgIpc) is 3.38. The highest BCUT2D eigenvalue weighted by atomic mass is 32.1. The van der Waals surface area contributed by atoms with E-state index in [9.17, 15) is 13.2 Å². The van der Waals surface area contributed by atoms with Gasteiger partial charge in [0.1, 0.15) is 17.0 Å². The van der Waals surface area contributed by atoms with Gasteiger partial charge in [0.05, 0.1) is 22.5 Å². The zero-order valence-corrected chi connectivity index (χ0v) is 18.2. The number of anilines is 1. The van der Waals surface area contributed by atoms with E-state index in [1.807, 2.05) is 6.92 Å². The van der Waals surface area contributed by atoms with Crippen molar-refractivity contribution in [3.05, 3.63) is 33.4 Å². The molecule has 2 aliphatic heterocycles. The van der Waals surface area contributed by atoms with Crippen LogP contribution in [-0.4, -0.2) is 51.7 Å². The van der Waals surface area contributed by atoms with Crippen LogP contribution in [0.2, 0.25) is 0 Å². The van der Waals surface area contributed by atoms with Gasteiger partial charge in [-0.15, -0.1) is 22.7 Å². The number of piperidine rings is 1. The summed E-state index contributed by atoms with van der Waals surface area (Å²) < 4.78 is 38.5. The van der Waals surface area contributed by atoms with Crippen LogP contribution in [0.4, 0.5) is 19.0 Å². The summed E-state index contributed by atoms with van der Waals surface area (Å²) in [6.07, 6.45) is -1.50. The largest absolute Gasteiger partial charge is 0.393 e. The van der Waals surface area contributed by atoms with E-state index in [0.717, 1.165) is 72.3 Å². The summed E-state index contributed by atoms with van der Waals surface area (Å²) in [6.45, 7) is 5.73. The Hall–Kier alpha value is -1.78. The number of thiazole rings is 1. The first-order valence-corrected chi connectivity index (χ1v) is 11.8. The van der Waals surface area contributed by atoms with Gasteiger partial charge in [-0.1, -0.05) is 0 Å². The maximum Gasteiger partial charge on any atom is 0.393 e. The van der Waals surface area contributed by atoms with Gasteiger partial charge in [0.2, 0.25) is 0 Å². The Balaban J connectivity index is 1.32. The van der Waals surface area contributed by atoms with Crippen LogP contribution in [0.25, 0.3) is 10.2 Å². The van der Waals surface area contributed by atoms with Crippen molar-refractivity contribution in [2.24, 2.45) is 5.92 Å². The summed E-state index contributed by atoms with van der Waals surface area (Å²) in [6, 6.07) is 2.16. The molecule has 2 atom stereocenters. The number of hydrogen-bond acceptors (Lipinski definition) is 7. The Morgan fingerprint density at radius 3 is 2.83 bits per heavy atom. The summed E-state index contributed by atoms with van der Waals surface area (Å²) in [4.78, 5) is 19.0. The molecule has 0 radical (unpaired) electrons. The molecular weight excluding hydrogens is 431 g/mol. The topological polar surface area (TPSA) is 45.2 Å². The van der Waals surface area contributed by atoms with Crippen molar-refractivity contribution < 1.29 is 13.2 Å². The molecule has 2 unspecified atom stereocenters. The molecule has 5 nitrogen and oxygen atoms in total. The molecule has 3 aromatic heterocycles. The van der Waals surface area contributed by atoms with Crippen molar-refractivity contribution in [2.75, 3.05) is 24.5 Å². The molecule has 0 N–H and O–H groups in total. The molecule has 3 aromatic rings. The number of nitrogens with zero attached hydrogens (tertiary/aromatic N) is 5. The van der Waals surface area contributed by atoms with Crippen molar-refractivity contribution in [3.63, 3.8) is 0 Å². The van der Waals surface area contributed by atoms with Crippen LogP contribution in [-0.2, 0) is 13.0 Å². The minimum Gasteiger partial charge on any atom is -0.356 e. The van der Waals surface area contributed by atoms with Gasteiger partial charge in [0.15, 0.2) is 0 Å². The van der Waals surface area contributed by atoms with Crippen LogP contribution in [0.5, 0.6) is 0 Å². The maximum absolute atomic E-state index is 12.8. The lowest BCUT2D eigenvalue weighted by Crippen LogP contribution is -2.46. The van der Waals surface area contributed by atoms with Crippen LogP contribution >= 0.6 is 22.7 Å². The molecule has 0 aromatic carbocycles. The van der Waals surface area contributed by atoms with E-state index >= 15 is 0 Å². The smallest absolute Gasteiger partial charge is 0.356 e. The summed E-state index contributed by atoms with van der Waals surface area (Å²) in [7, 11) is 0. The Morgan fingerprint density at radius 1 is 1.20 bits per heavy atom. The minimum absolute atomic E-state index is 0.291. The molecule has 10 heteroatoms. The fourth-order valence-electron chi connectivity index (χ4n) is 4.79. The molecular formula is C20H22F3N5S2. The van der Waals surface area contributed by atoms with Crippen LogP contribution in [0.3, 0.4) is 0 Å². The lowest BCUT2D eigenvalue weighted by molar-refractivity contribution is -0.126. The van der Waals surface area contributed by atoms with Gasteiger partial charge < -0.3 is 4.90 Å². The van der Waals surface area contributed by atoms with E-state index in [1.54, 1.807) is 17.4 Å². The van der Waals surface area contributed by atoms with E-state index in [0.29, 0.717) is 21.7 Å². The van der Waals surface area contributed by atoms with Gasteiger partial charge in [0.25, 0.3) is 0 Å². The lowest BCUT2D eigenvalue weighted by atomic mass is 9.92. The molecule has 5 rings (SSSR count). The van der Waals surface area contributed by atoms with E-state index in [4.69, 9.17) is 0 Å². The zero-order valence-electron chi connectivity index (χ0n) is 16.5. The van der Waals surface area contributed by atoms with Gasteiger partial charge >= 0.3 is 6.18 Å². The summed E-state index contributed by atoms with van der Waals surface area (Å²) in [5.74, 6) is 1.31. The zero-order chi connectivity index (χ0) is 20.9. The van der Waals surface area contributed by atoms with Crippen LogP contribution in [0.15, 0.2) is 17.8 Å². The Bertz CT molecular complexity index is 1050. The molecule has 30 heavy (non-hydrogen) atoms. The number of halogens is 3. The number of aryl methyl sites for hydroxylation is 1. The number of hydrogen-bond donors (Lipinski definition) is 0. The molecule has 2 aliphatic rings. The van der Waals surface area contributed by atoms with Gasteiger partial charge in [-0.2, -0.15) is 13.2 Å². The number of thiophene rings is 1. The third-order valence-electron chi connectivity index (χ3n) is 6.02. The van der Waals surface area contributed by atoms with Crippen LogP contribution in [0.1, 0.15) is 28.4 Å². The SMILES string of the molecule is Cc1nc(CN2CCC3CN(c4ncnc5sc(CC(F)(F)F)cc45)CCC32)cs1. The fourth-order valence-corrected chi connectivity index (χ4v) is 6.41. The molecule has 0 bridgehead atoms. The molecule has 160 valence electrons. The lowest BCUT2D eigenvalue weighted by Gasteiger charge is -2.38. The molecule has 0 amide bonds. The van der Waals surface area contributed by atoms with Crippen LogP contribution in [0, 0.1) is 12.8 Å². The van der Waals surface area contributed by atoms with Crippen LogP contribution < -0.4 is 4.90 Å². The molecule has 0 aliphatic carbocycles. The van der Waals surface area contributed by atoms with Gasteiger partial charge in [0, 0.05) is 35.9 Å². The summed E-state index contributed by atoms with van der Waals surface area (Å²) in [5.41, 5.74) is 1.15. The quantitative estimate of drug-likeness (QED) is 0.575. The van der Waals surface area contributed by atoms with Crippen molar-refractivity contribution in [2.45, 2.75) is 44.9 Å². The highest BCUT2D eigenvalue weighted by Gasteiger charge is 2.39. The monoisotopic (exact) mass is 453 g/mol. The average molecular weight is 454 g/mol. The fraction of sp³-hybridized carbons (Fsp3) is 0.550. The standard InChI is InChI=1S/C20H22F3N5S2/c1-12-26-14(10-29-12)9-27-4-2-13-8-28(5-3-17(13)27)18-16-6-15(7-20(21,22)23)30-19(16)25-11-24-18/h6,10-11,13,17H,2-5,7-9H2,1H3. The predicted molar refractivity (Wildman–Crippen MR) is 113 cm³/mol. The normalized spacial score (nSPS) is 22.7. The first kappa shape index (κ1) is 20.1. The highest BCUT2D eigenvalue weighted by Crippen LogP contribution is 2.38. The number of likely N-dealkylation sites (tertiary alicyclic amines) is 1. The number of alkyl halides is 3. The molecule has 0 saturated carbocycles. The Kier molecular flexibility index (Phi) is 5.19. The van der Waals surface area contributed by atoms with Gasteiger partial charge in [-0.3, -0.25) is 4.90 Å². The number of aromatic nitrogens is 3. The highest BCUT2D eigenvalue weighted by molar-refractivity contribution is 7.18. The van der Waals surface area contributed by atoms with Gasteiger partial charge in [-0.25, -0.2) is 15.0 Å². The van der Waals surface area contributed by atoms with E-state index in [1.165, 1.54) is 6.33 Å². The minimum atomic E-state index is -4.21. The summed E-state index contributed by atoms with van der Waals surface area (Å²) in [5, 5.41) is 3.99. The molecule has 2 fully saturated rings. The molecule has 0 spiro atoms. The van der Waals surface area contributed by atoms with Crippen molar-refractivity contribution in [1.82, 2.24) is 19.9 Å². The third-order valence-corrected chi connectivity index (χ3v) is 7.88. The Labute approximate surface area is 180 Å². The Morgan fingerprint density at radius 2 is 2.07 bits per heavy atom. The second kappa shape index (κ2) is 7.72.